The van der Waals surface area contributed by atoms with E-state index in [-0.39, 0.29) is 12.1 Å². The van der Waals surface area contributed by atoms with Crippen molar-refractivity contribution in [3.8, 4) is 0 Å². The van der Waals surface area contributed by atoms with Crippen molar-refractivity contribution in [1.29, 1.82) is 0 Å². The van der Waals surface area contributed by atoms with E-state index in [1.165, 1.54) is 11.3 Å². The average Bonchev–Trinajstić information content (AvgIpc) is 2.73. The zero-order valence-corrected chi connectivity index (χ0v) is 14.5. The summed E-state index contributed by atoms with van der Waals surface area (Å²) in [6.07, 6.45) is 2.02. The third kappa shape index (κ3) is 3.43. The number of rotatable bonds is 2. The smallest absolute Gasteiger partial charge is 0.410 e. The van der Waals surface area contributed by atoms with Crippen LogP contribution in [0.3, 0.4) is 0 Å². The van der Waals surface area contributed by atoms with Crippen LogP contribution in [0.2, 0.25) is 0 Å². The van der Waals surface area contributed by atoms with E-state index in [1.807, 2.05) is 27.7 Å². The number of carbonyl (C=O) groups is 2. The number of aryl methyl sites for hydroxylation is 1. The largest absolute Gasteiger partial charge is 0.477 e. The van der Waals surface area contributed by atoms with Gasteiger partial charge in [-0.25, -0.2) is 9.59 Å². The molecule has 1 unspecified atom stereocenters. The number of hydrogen-bond acceptors (Lipinski definition) is 4. The molecule has 0 bridgehead atoms. The highest BCUT2D eigenvalue weighted by atomic mass is 32.1. The number of carboxylic acid groups (broad SMARTS) is 1. The van der Waals surface area contributed by atoms with Crippen molar-refractivity contribution in [3.63, 3.8) is 0 Å². The summed E-state index contributed by atoms with van der Waals surface area (Å²) in [5.74, 6) is -0.867. The Morgan fingerprint density at radius 1 is 1.36 bits per heavy atom. The summed E-state index contributed by atoms with van der Waals surface area (Å²) in [6, 6.07) is 0.0531. The molecule has 5 nitrogen and oxygen atoms in total. The van der Waals surface area contributed by atoms with Crippen molar-refractivity contribution < 1.29 is 19.4 Å². The molecule has 0 radical (unpaired) electrons. The van der Waals surface area contributed by atoms with E-state index in [1.54, 1.807) is 11.9 Å². The van der Waals surface area contributed by atoms with Crippen LogP contribution in [0.15, 0.2) is 0 Å². The van der Waals surface area contributed by atoms with Gasteiger partial charge >= 0.3 is 12.1 Å². The van der Waals surface area contributed by atoms with E-state index in [2.05, 4.69) is 0 Å². The van der Waals surface area contributed by atoms with Crippen LogP contribution in [0, 0.1) is 6.92 Å². The Bertz CT molecular complexity index is 600. The van der Waals surface area contributed by atoms with Gasteiger partial charge in [-0.05, 0) is 58.1 Å². The maximum atomic E-state index is 12.2. The molecule has 6 heteroatoms. The quantitative estimate of drug-likeness (QED) is 0.904. The molecule has 1 heterocycles. The van der Waals surface area contributed by atoms with Gasteiger partial charge in [-0.1, -0.05) is 0 Å². The summed E-state index contributed by atoms with van der Waals surface area (Å²) in [5, 5.41) is 9.23. The van der Waals surface area contributed by atoms with Crippen LogP contribution in [0.25, 0.3) is 0 Å². The average molecular weight is 325 g/mol. The van der Waals surface area contributed by atoms with Crippen LogP contribution in [0.1, 0.15) is 52.9 Å². The van der Waals surface area contributed by atoms with E-state index < -0.39 is 11.6 Å². The highest BCUT2D eigenvalue weighted by molar-refractivity contribution is 7.14. The molecule has 1 N–H and O–H groups in total. The molecule has 122 valence electrons. The van der Waals surface area contributed by atoms with E-state index in [0.717, 1.165) is 28.8 Å². The second-order valence-electron chi connectivity index (χ2n) is 6.75. The SMILES string of the molecule is Cc1c(C(=O)O)sc2c1CC(N(C)C(=O)OC(C)(C)C)CC2. The Hall–Kier alpha value is -1.56. The lowest BCUT2D eigenvalue weighted by Gasteiger charge is -2.33. The monoisotopic (exact) mass is 325 g/mol. The third-order valence-corrected chi connectivity index (χ3v) is 5.30. The van der Waals surface area contributed by atoms with Gasteiger partial charge in [0.1, 0.15) is 10.5 Å². The molecule has 22 heavy (non-hydrogen) atoms. The highest BCUT2D eigenvalue weighted by Crippen LogP contribution is 2.35. The summed E-state index contributed by atoms with van der Waals surface area (Å²) in [5.41, 5.74) is 1.42. The molecule has 0 saturated heterocycles. The predicted octanol–water partition coefficient (Wildman–Crippen LogP) is 3.48. The molecule has 0 aliphatic heterocycles. The van der Waals surface area contributed by atoms with Crippen molar-refractivity contribution in [2.24, 2.45) is 0 Å². The standard InChI is InChI=1S/C16H23NO4S/c1-9-11-8-10(17(5)15(20)21-16(2,3)4)6-7-12(11)22-13(9)14(18)19/h10H,6-8H2,1-5H3,(H,18,19). The summed E-state index contributed by atoms with van der Waals surface area (Å²) >= 11 is 1.37. The van der Waals surface area contributed by atoms with Gasteiger partial charge in [0.15, 0.2) is 0 Å². The van der Waals surface area contributed by atoms with E-state index in [9.17, 15) is 14.7 Å². The van der Waals surface area contributed by atoms with Gasteiger partial charge in [0.2, 0.25) is 0 Å². The Labute approximate surface area is 134 Å². The summed E-state index contributed by atoms with van der Waals surface area (Å²) in [4.78, 5) is 26.6. The number of ether oxygens (including phenoxy) is 1. The van der Waals surface area contributed by atoms with Crippen molar-refractivity contribution in [2.75, 3.05) is 7.05 Å². The lowest BCUT2D eigenvalue weighted by atomic mass is 9.91. The first-order chi connectivity index (χ1) is 10.1. The van der Waals surface area contributed by atoms with Crippen molar-refractivity contribution in [1.82, 2.24) is 4.90 Å². The van der Waals surface area contributed by atoms with Gasteiger partial charge in [-0.3, -0.25) is 0 Å². The molecule has 1 aliphatic rings. The van der Waals surface area contributed by atoms with Crippen LogP contribution in [0.4, 0.5) is 4.79 Å². The first kappa shape index (κ1) is 16.8. The Kier molecular flexibility index (Phi) is 4.52. The summed E-state index contributed by atoms with van der Waals surface area (Å²) < 4.78 is 5.41. The first-order valence-electron chi connectivity index (χ1n) is 7.40. The molecular formula is C16H23NO4S. The van der Waals surface area contributed by atoms with Crippen molar-refractivity contribution >= 4 is 23.4 Å². The van der Waals surface area contributed by atoms with Crippen LogP contribution >= 0.6 is 11.3 Å². The maximum Gasteiger partial charge on any atom is 0.410 e. The Balaban J connectivity index is 2.15. The molecule has 1 aromatic rings. The fourth-order valence-electron chi connectivity index (χ4n) is 2.73. The number of aromatic carboxylic acids is 1. The molecule has 0 aromatic carbocycles. The minimum atomic E-state index is -0.867. The summed E-state index contributed by atoms with van der Waals surface area (Å²) in [6.45, 7) is 7.40. The third-order valence-electron chi connectivity index (χ3n) is 3.92. The van der Waals surface area contributed by atoms with Gasteiger partial charge < -0.3 is 14.7 Å². The topological polar surface area (TPSA) is 66.8 Å². The van der Waals surface area contributed by atoms with Crippen molar-refractivity contribution in [3.05, 3.63) is 20.9 Å². The lowest BCUT2D eigenvalue weighted by Crippen LogP contribution is -2.43. The normalized spacial score (nSPS) is 17.8. The Morgan fingerprint density at radius 3 is 2.55 bits per heavy atom. The van der Waals surface area contributed by atoms with Crippen molar-refractivity contribution in [2.45, 2.75) is 58.6 Å². The Morgan fingerprint density at radius 2 is 2.00 bits per heavy atom. The number of amides is 1. The van der Waals surface area contributed by atoms with Crippen LogP contribution in [-0.2, 0) is 17.6 Å². The van der Waals surface area contributed by atoms with E-state index in [4.69, 9.17) is 4.74 Å². The predicted molar refractivity (Wildman–Crippen MR) is 85.8 cm³/mol. The molecule has 1 atom stereocenters. The molecule has 2 rings (SSSR count). The second-order valence-corrected chi connectivity index (χ2v) is 7.86. The second kappa shape index (κ2) is 5.91. The van der Waals surface area contributed by atoms with Crippen LogP contribution in [0.5, 0.6) is 0 Å². The van der Waals surface area contributed by atoms with Crippen LogP contribution < -0.4 is 0 Å². The van der Waals surface area contributed by atoms with Crippen LogP contribution in [-0.4, -0.2) is 40.8 Å². The van der Waals surface area contributed by atoms with Gasteiger partial charge in [-0.15, -0.1) is 11.3 Å². The van der Waals surface area contributed by atoms with Gasteiger partial charge in [0.05, 0.1) is 0 Å². The number of carbonyl (C=O) groups excluding carboxylic acids is 1. The highest BCUT2D eigenvalue weighted by Gasteiger charge is 2.31. The zero-order chi connectivity index (χ0) is 16.7. The minimum absolute atomic E-state index is 0.0531. The molecule has 0 spiro atoms. The zero-order valence-electron chi connectivity index (χ0n) is 13.7. The van der Waals surface area contributed by atoms with E-state index >= 15 is 0 Å². The van der Waals surface area contributed by atoms with Gasteiger partial charge in [-0.2, -0.15) is 0 Å². The van der Waals surface area contributed by atoms with Gasteiger partial charge in [0.25, 0.3) is 0 Å². The first-order valence-corrected chi connectivity index (χ1v) is 8.22. The lowest BCUT2D eigenvalue weighted by molar-refractivity contribution is 0.0210. The van der Waals surface area contributed by atoms with E-state index in [0.29, 0.717) is 11.3 Å². The minimum Gasteiger partial charge on any atom is -0.477 e. The number of thiophene rings is 1. The number of nitrogens with zero attached hydrogens (tertiary/aromatic N) is 1. The maximum absolute atomic E-state index is 12.2. The number of carboxylic acids is 1. The number of fused-ring (bicyclic) bond motifs is 1. The van der Waals surface area contributed by atoms with Gasteiger partial charge in [0, 0.05) is 18.0 Å². The number of hydrogen-bond donors (Lipinski definition) is 1. The molecule has 1 aromatic heterocycles. The number of likely N-dealkylation sites (N-methyl/N-ethyl adjacent to an activating group) is 1. The molecular weight excluding hydrogens is 302 g/mol. The summed E-state index contributed by atoms with van der Waals surface area (Å²) in [7, 11) is 1.75. The molecule has 1 aliphatic carbocycles. The molecule has 0 saturated carbocycles. The molecule has 0 fully saturated rings. The molecule has 1 amide bonds. The fourth-order valence-corrected chi connectivity index (χ4v) is 3.92. The fraction of sp³-hybridized carbons (Fsp3) is 0.625.